The number of aromatic nitrogens is 4. The van der Waals surface area contributed by atoms with Crippen LogP contribution in [0, 0.1) is 0 Å². The van der Waals surface area contributed by atoms with Gasteiger partial charge in [0.2, 0.25) is 0 Å². The van der Waals surface area contributed by atoms with Gasteiger partial charge in [-0.2, -0.15) is 0 Å². The lowest BCUT2D eigenvalue weighted by atomic mass is 10.1. The first-order valence-electron chi connectivity index (χ1n) is 8.77. The van der Waals surface area contributed by atoms with Gasteiger partial charge in [-0.25, -0.2) is 4.98 Å². The van der Waals surface area contributed by atoms with Gasteiger partial charge >= 0.3 is 0 Å². The van der Waals surface area contributed by atoms with E-state index < -0.39 is 0 Å². The van der Waals surface area contributed by atoms with Crippen LogP contribution in [0.5, 0.6) is 0 Å². The van der Waals surface area contributed by atoms with Crippen LogP contribution in [0.2, 0.25) is 5.15 Å². The van der Waals surface area contributed by atoms with E-state index in [1.54, 1.807) is 12.3 Å². The molecule has 0 unspecified atom stereocenters. The minimum absolute atomic E-state index is 0.162. The van der Waals surface area contributed by atoms with E-state index in [0.717, 1.165) is 43.0 Å². The summed E-state index contributed by atoms with van der Waals surface area (Å²) < 4.78 is 2.88. The molecule has 1 aliphatic rings. The molecule has 3 heterocycles. The van der Waals surface area contributed by atoms with Gasteiger partial charge in [-0.3, -0.25) is 4.79 Å². The molecule has 4 rings (SSSR count). The Morgan fingerprint density at radius 1 is 1.19 bits per heavy atom. The van der Waals surface area contributed by atoms with Crippen molar-refractivity contribution in [2.24, 2.45) is 0 Å². The first-order chi connectivity index (χ1) is 13.1. The number of hydrogen-bond donors (Lipinski definition) is 1. The lowest BCUT2D eigenvalue weighted by molar-refractivity contribution is 0.102. The van der Waals surface area contributed by atoms with Gasteiger partial charge in [-0.1, -0.05) is 30.2 Å². The summed E-state index contributed by atoms with van der Waals surface area (Å²) in [5.74, 6) is 1.56. The predicted octanol–water partition coefficient (Wildman–Crippen LogP) is 4.73. The van der Waals surface area contributed by atoms with Crippen molar-refractivity contribution < 1.29 is 4.79 Å². The number of aryl methyl sites for hydroxylation is 1. The van der Waals surface area contributed by atoms with Crippen molar-refractivity contribution in [1.29, 1.82) is 0 Å². The summed E-state index contributed by atoms with van der Waals surface area (Å²) in [5, 5.41) is 11.8. The SMILES string of the molecule is O=C(Nc1cccc(-c2nnc3n2CCCCC3)c1)c1cc(Br)cnc1Cl. The third-order valence-electron chi connectivity index (χ3n) is 4.54. The topological polar surface area (TPSA) is 72.7 Å². The van der Waals surface area contributed by atoms with Crippen LogP contribution in [0.4, 0.5) is 5.69 Å². The van der Waals surface area contributed by atoms with Gasteiger partial charge in [0.15, 0.2) is 5.82 Å². The smallest absolute Gasteiger partial charge is 0.258 e. The molecule has 0 bridgehead atoms. The number of halogens is 2. The van der Waals surface area contributed by atoms with E-state index in [4.69, 9.17) is 11.6 Å². The van der Waals surface area contributed by atoms with Crippen molar-refractivity contribution in [2.45, 2.75) is 32.2 Å². The summed E-state index contributed by atoms with van der Waals surface area (Å²) in [6.45, 7) is 0.924. The van der Waals surface area contributed by atoms with Gasteiger partial charge in [0.25, 0.3) is 5.91 Å². The van der Waals surface area contributed by atoms with Gasteiger partial charge < -0.3 is 9.88 Å². The molecule has 0 fully saturated rings. The zero-order chi connectivity index (χ0) is 18.8. The van der Waals surface area contributed by atoms with Gasteiger partial charge in [0.1, 0.15) is 11.0 Å². The molecule has 3 aromatic rings. The summed E-state index contributed by atoms with van der Waals surface area (Å²) in [7, 11) is 0. The maximum Gasteiger partial charge on any atom is 0.258 e. The molecule has 1 N–H and O–H groups in total. The molecule has 8 heteroatoms. The average molecular weight is 447 g/mol. The first kappa shape index (κ1) is 18.1. The van der Waals surface area contributed by atoms with Crippen molar-refractivity contribution in [3.05, 3.63) is 57.5 Å². The van der Waals surface area contributed by atoms with E-state index >= 15 is 0 Å². The number of nitrogens with one attached hydrogen (secondary N) is 1. The Bertz CT molecular complexity index is 1000. The second-order valence-corrected chi connectivity index (χ2v) is 7.70. The fraction of sp³-hybridized carbons (Fsp3) is 0.263. The number of rotatable bonds is 3. The van der Waals surface area contributed by atoms with Crippen molar-refractivity contribution in [1.82, 2.24) is 19.7 Å². The molecular weight excluding hydrogens is 430 g/mol. The number of nitrogens with zero attached hydrogens (tertiary/aromatic N) is 4. The van der Waals surface area contributed by atoms with Gasteiger partial charge in [-0.15, -0.1) is 10.2 Å². The van der Waals surface area contributed by atoms with Crippen LogP contribution in [0.1, 0.15) is 35.4 Å². The molecule has 1 aromatic carbocycles. The third-order valence-corrected chi connectivity index (χ3v) is 5.27. The van der Waals surface area contributed by atoms with Crippen LogP contribution in [0.3, 0.4) is 0 Å². The molecule has 0 atom stereocenters. The van der Waals surface area contributed by atoms with E-state index in [9.17, 15) is 4.79 Å². The Kier molecular flexibility index (Phi) is 5.22. The molecule has 27 heavy (non-hydrogen) atoms. The molecule has 2 aromatic heterocycles. The number of fused-ring (bicyclic) bond motifs is 1. The van der Waals surface area contributed by atoms with E-state index in [1.807, 2.05) is 24.3 Å². The quantitative estimate of drug-likeness (QED) is 0.590. The van der Waals surface area contributed by atoms with Gasteiger partial charge in [0, 0.05) is 34.9 Å². The summed E-state index contributed by atoms with van der Waals surface area (Å²) >= 11 is 9.36. The van der Waals surface area contributed by atoms with Gasteiger partial charge in [-0.05, 0) is 47.0 Å². The zero-order valence-corrected chi connectivity index (χ0v) is 16.8. The Labute approximate surface area is 170 Å². The molecule has 6 nitrogen and oxygen atoms in total. The Hall–Kier alpha value is -2.25. The number of amides is 1. The number of benzene rings is 1. The van der Waals surface area contributed by atoms with Crippen molar-refractivity contribution >= 4 is 39.1 Å². The van der Waals surface area contributed by atoms with E-state index in [0.29, 0.717) is 15.7 Å². The summed E-state index contributed by atoms with van der Waals surface area (Å²) in [6, 6.07) is 9.25. The highest BCUT2D eigenvalue weighted by Gasteiger charge is 2.17. The van der Waals surface area contributed by atoms with Crippen molar-refractivity contribution in [3.8, 4) is 11.4 Å². The minimum Gasteiger partial charge on any atom is -0.322 e. The monoisotopic (exact) mass is 445 g/mol. The molecule has 0 radical (unpaired) electrons. The van der Waals surface area contributed by atoms with E-state index in [2.05, 4.69) is 41.0 Å². The van der Waals surface area contributed by atoms with Crippen LogP contribution >= 0.6 is 27.5 Å². The fourth-order valence-corrected chi connectivity index (χ4v) is 3.74. The lowest BCUT2D eigenvalue weighted by Crippen LogP contribution is -2.13. The highest BCUT2D eigenvalue weighted by atomic mass is 79.9. The molecular formula is C19H17BrClN5O. The van der Waals surface area contributed by atoms with E-state index in [1.165, 1.54) is 6.42 Å². The van der Waals surface area contributed by atoms with Crippen molar-refractivity contribution in [2.75, 3.05) is 5.32 Å². The molecule has 138 valence electrons. The molecule has 0 saturated heterocycles. The van der Waals surface area contributed by atoms with Crippen LogP contribution in [-0.4, -0.2) is 25.7 Å². The van der Waals surface area contributed by atoms with Crippen LogP contribution in [-0.2, 0) is 13.0 Å². The second-order valence-electron chi connectivity index (χ2n) is 6.43. The highest BCUT2D eigenvalue weighted by Crippen LogP contribution is 2.26. The zero-order valence-electron chi connectivity index (χ0n) is 14.5. The molecule has 0 spiro atoms. The largest absolute Gasteiger partial charge is 0.322 e. The summed E-state index contributed by atoms with van der Waals surface area (Å²) in [5.41, 5.74) is 1.90. The van der Waals surface area contributed by atoms with Crippen molar-refractivity contribution in [3.63, 3.8) is 0 Å². The predicted molar refractivity (Wildman–Crippen MR) is 108 cm³/mol. The van der Waals surface area contributed by atoms with Gasteiger partial charge in [0.05, 0.1) is 5.56 Å². The van der Waals surface area contributed by atoms with Crippen LogP contribution in [0.25, 0.3) is 11.4 Å². The molecule has 0 aliphatic carbocycles. The highest BCUT2D eigenvalue weighted by molar-refractivity contribution is 9.10. The number of carbonyl (C=O) groups is 1. The molecule has 0 saturated carbocycles. The van der Waals surface area contributed by atoms with Crippen LogP contribution < -0.4 is 5.32 Å². The fourth-order valence-electron chi connectivity index (χ4n) is 3.21. The number of hydrogen-bond acceptors (Lipinski definition) is 4. The Morgan fingerprint density at radius 2 is 2.07 bits per heavy atom. The number of pyridine rings is 1. The van der Waals surface area contributed by atoms with Crippen LogP contribution in [0.15, 0.2) is 41.0 Å². The van der Waals surface area contributed by atoms with E-state index in [-0.39, 0.29) is 11.1 Å². The normalized spacial score (nSPS) is 13.7. The molecule has 1 aliphatic heterocycles. The average Bonchev–Trinajstić information content (AvgIpc) is 2.92. The Morgan fingerprint density at radius 3 is 2.96 bits per heavy atom. The number of carbonyl (C=O) groups excluding carboxylic acids is 1. The third kappa shape index (κ3) is 3.89. The lowest BCUT2D eigenvalue weighted by Gasteiger charge is -2.10. The second kappa shape index (κ2) is 7.78. The first-order valence-corrected chi connectivity index (χ1v) is 9.94. The molecule has 1 amide bonds. The maximum atomic E-state index is 12.6. The summed E-state index contributed by atoms with van der Waals surface area (Å²) in [4.78, 5) is 16.6. The standard InChI is InChI=1S/C19H17BrClN5O/c20-13-10-15(17(21)22-11-13)19(27)23-14-6-4-5-12(9-14)18-25-24-16-7-2-1-3-8-26(16)18/h4-6,9-11H,1-3,7-8H2,(H,23,27). The minimum atomic E-state index is -0.314. The summed E-state index contributed by atoms with van der Waals surface area (Å²) in [6.07, 6.45) is 5.99. The number of anilines is 1. The maximum absolute atomic E-state index is 12.6. The Balaban J connectivity index is 1.61.